The maximum absolute atomic E-state index is 11.8. The number of amides is 1. The van der Waals surface area contributed by atoms with Crippen LogP contribution in [0.2, 0.25) is 0 Å². The minimum absolute atomic E-state index is 0.0200. The molecule has 0 heterocycles. The van der Waals surface area contributed by atoms with E-state index in [1.54, 1.807) is 12.1 Å². The molecule has 112 valence electrons. The van der Waals surface area contributed by atoms with Crippen LogP contribution in [0, 0.1) is 0 Å². The van der Waals surface area contributed by atoms with E-state index in [1.165, 1.54) is 19.2 Å². The molecule has 7 heteroatoms. The van der Waals surface area contributed by atoms with E-state index in [0.29, 0.717) is 0 Å². The van der Waals surface area contributed by atoms with Gasteiger partial charge in [0.2, 0.25) is 15.9 Å². The Morgan fingerprint density at radius 1 is 1.25 bits per heavy atom. The van der Waals surface area contributed by atoms with Gasteiger partial charge in [0.1, 0.15) is 11.5 Å². The Morgan fingerprint density at radius 3 is 2.40 bits per heavy atom. The second kappa shape index (κ2) is 6.34. The molecule has 0 aromatic heterocycles. The molecule has 0 fully saturated rings. The number of anilines is 1. The minimum Gasteiger partial charge on any atom is -0.366 e. The molecule has 1 aromatic rings. The van der Waals surface area contributed by atoms with Gasteiger partial charge in [-0.1, -0.05) is 12.1 Å². The maximum atomic E-state index is 11.8. The summed E-state index contributed by atoms with van der Waals surface area (Å²) in [5.41, 5.74) is -0.210. The topological polar surface area (TPSA) is 84.5 Å². The quantitative estimate of drug-likeness (QED) is 0.859. The minimum atomic E-state index is -3.62. The van der Waals surface area contributed by atoms with Crippen LogP contribution in [-0.4, -0.2) is 33.6 Å². The van der Waals surface area contributed by atoms with Gasteiger partial charge in [-0.2, -0.15) is 0 Å². The number of carbonyl (C=O) groups is 1. The number of hydrogen-bond acceptors (Lipinski definition) is 4. The highest BCUT2D eigenvalue weighted by Gasteiger charge is 2.18. The first-order valence-corrected chi connectivity index (χ1v) is 7.60. The summed E-state index contributed by atoms with van der Waals surface area (Å²) in [6.07, 6.45) is 0. The zero-order chi connectivity index (χ0) is 15.4. The molecular formula is C13H20N2O4S. The Kier molecular flexibility index (Phi) is 5.27. The molecule has 0 aliphatic heterocycles. The second-order valence-electron chi connectivity index (χ2n) is 5.15. The predicted octanol–water partition coefficient (Wildman–Crippen LogP) is 1.35. The average Bonchev–Trinajstić information content (AvgIpc) is 2.36. The normalized spacial score (nSPS) is 12.2. The molecule has 0 aliphatic rings. The lowest BCUT2D eigenvalue weighted by Gasteiger charge is -2.19. The monoisotopic (exact) mass is 300 g/mol. The van der Waals surface area contributed by atoms with Crippen LogP contribution in [0.15, 0.2) is 29.2 Å². The molecule has 0 atom stereocenters. The molecule has 0 aliphatic carbocycles. The van der Waals surface area contributed by atoms with E-state index in [-0.39, 0.29) is 17.2 Å². The number of hydrogen-bond donors (Lipinski definition) is 2. The lowest BCUT2D eigenvalue weighted by molar-refractivity contribution is -0.125. The summed E-state index contributed by atoms with van der Waals surface area (Å²) in [7, 11) is -2.31. The van der Waals surface area contributed by atoms with Crippen LogP contribution in [0.5, 0.6) is 0 Å². The molecule has 2 N–H and O–H groups in total. The number of benzene rings is 1. The summed E-state index contributed by atoms with van der Waals surface area (Å²) in [5, 5.41) is 2.54. The molecule has 6 nitrogen and oxygen atoms in total. The summed E-state index contributed by atoms with van der Waals surface area (Å²) < 4.78 is 31.2. The summed E-state index contributed by atoms with van der Waals surface area (Å²) in [5.74, 6) is -0.404. The third-order valence-electron chi connectivity index (χ3n) is 2.36. The van der Waals surface area contributed by atoms with Crippen molar-refractivity contribution in [3.63, 3.8) is 0 Å². The molecule has 0 radical (unpaired) electrons. The van der Waals surface area contributed by atoms with Gasteiger partial charge in [0.15, 0.2) is 0 Å². The van der Waals surface area contributed by atoms with Gasteiger partial charge in [0.05, 0.1) is 11.3 Å². The lowest BCUT2D eigenvalue weighted by atomic mass is 10.2. The number of carbonyl (C=O) groups excluding carboxylic acids is 1. The summed E-state index contributed by atoms with van der Waals surface area (Å²) in [4.78, 5) is 11.8. The molecule has 1 amide bonds. The van der Waals surface area contributed by atoms with Gasteiger partial charge >= 0.3 is 0 Å². The van der Waals surface area contributed by atoms with Crippen molar-refractivity contribution in [3.8, 4) is 0 Å². The van der Waals surface area contributed by atoms with Crippen LogP contribution in [-0.2, 0) is 19.6 Å². The summed E-state index contributed by atoms with van der Waals surface area (Å²) in [6.45, 7) is 5.36. The van der Waals surface area contributed by atoms with Crippen LogP contribution < -0.4 is 10.0 Å². The van der Waals surface area contributed by atoms with Crippen LogP contribution in [0.25, 0.3) is 0 Å². The first-order chi connectivity index (χ1) is 9.15. The smallest absolute Gasteiger partial charge is 0.250 e. The van der Waals surface area contributed by atoms with Crippen molar-refractivity contribution in [1.82, 2.24) is 4.72 Å². The third kappa shape index (κ3) is 4.92. The van der Waals surface area contributed by atoms with Crippen LogP contribution in [0.3, 0.4) is 0 Å². The zero-order valence-electron chi connectivity index (χ0n) is 12.1. The van der Waals surface area contributed by atoms with Gasteiger partial charge in [-0.25, -0.2) is 13.1 Å². The summed E-state index contributed by atoms with van der Waals surface area (Å²) in [6, 6.07) is 6.19. The van der Waals surface area contributed by atoms with Crippen molar-refractivity contribution >= 4 is 21.6 Å². The zero-order valence-corrected chi connectivity index (χ0v) is 12.9. The maximum Gasteiger partial charge on any atom is 0.250 e. The van der Waals surface area contributed by atoms with Gasteiger partial charge in [-0.15, -0.1) is 0 Å². The third-order valence-corrected chi connectivity index (χ3v) is 3.83. The van der Waals surface area contributed by atoms with Crippen molar-refractivity contribution in [2.45, 2.75) is 31.3 Å². The Bertz CT molecular complexity index is 576. The van der Waals surface area contributed by atoms with Crippen molar-refractivity contribution in [3.05, 3.63) is 24.3 Å². The van der Waals surface area contributed by atoms with Crippen molar-refractivity contribution < 1.29 is 17.9 Å². The highest BCUT2D eigenvalue weighted by molar-refractivity contribution is 7.89. The number of rotatable bonds is 5. The fourth-order valence-corrected chi connectivity index (χ4v) is 2.27. The van der Waals surface area contributed by atoms with Gasteiger partial charge < -0.3 is 10.1 Å². The highest BCUT2D eigenvalue weighted by Crippen LogP contribution is 2.20. The SMILES string of the molecule is CNS(=O)(=O)c1ccccc1NC(=O)COC(C)(C)C. The number of para-hydroxylation sites is 1. The largest absolute Gasteiger partial charge is 0.366 e. The predicted molar refractivity (Wildman–Crippen MR) is 77.0 cm³/mol. The standard InChI is InChI=1S/C13H20N2O4S/c1-13(2,3)19-9-12(16)15-10-7-5-6-8-11(10)20(17,18)14-4/h5-8,14H,9H2,1-4H3,(H,15,16). The van der Waals surface area contributed by atoms with Gasteiger partial charge in [-0.05, 0) is 40.0 Å². The van der Waals surface area contributed by atoms with E-state index in [2.05, 4.69) is 10.0 Å². The average molecular weight is 300 g/mol. The first-order valence-electron chi connectivity index (χ1n) is 6.12. The van der Waals surface area contributed by atoms with E-state index in [0.717, 1.165) is 0 Å². The molecule has 20 heavy (non-hydrogen) atoms. The van der Waals surface area contributed by atoms with Crippen molar-refractivity contribution in [2.24, 2.45) is 0 Å². The van der Waals surface area contributed by atoms with E-state index < -0.39 is 21.5 Å². The summed E-state index contributed by atoms with van der Waals surface area (Å²) >= 11 is 0. The van der Waals surface area contributed by atoms with Gasteiger partial charge in [-0.3, -0.25) is 4.79 Å². The second-order valence-corrected chi connectivity index (χ2v) is 7.01. The molecule has 0 bridgehead atoms. The molecular weight excluding hydrogens is 280 g/mol. The van der Waals surface area contributed by atoms with Gasteiger partial charge in [0, 0.05) is 0 Å². The molecule has 1 aromatic carbocycles. The van der Waals surface area contributed by atoms with E-state index in [9.17, 15) is 13.2 Å². The Hall–Kier alpha value is -1.44. The number of nitrogens with one attached hydrogen (secondary N) is 2. The number of sulfonamides is 1. The van der Waals surface area contributed by atoms with Crippen LogP contribution in [0.1, 0.15) is 20.8 Å². The van der Waals surface area contributed by atoms with E-state index in [1.807, 2.05) is 20.8 Å². The fraction of sp³-hybridized carbons (Fsp3) is 0.462. The number of ether oxygens (including phenoxy) is 1. The van der Waals surface area contributed by atoms with Crippen molar-refractivity contribution in [2.75, 3.05) is 19.0 Å². The fourth-order valence-electron chi connectivity index (χ4n) is 1.38. The molecule has 0 saturated heterocycles. The Morgan fingerprint density at radius 2 is 1.85 bits per heavy atom. The van der Waals surface area contributed by atoms with Crippen LogP contribution >= 0.6 is 0 Å². The molecule has 1 rings (SSSR count). The van der Waals surface area contributed by atoms with Crippen molar-refractivity contribution in [1.29, 1.82) is 0 Å². The molecule has 0 saturated carbocycles. The Balaban J connectivity index is 2.86. The van der Waals surface area contributed by atoms with Crippen LogP contribution in [0.4, 0.5) is 5.69 Å². The highest BCUT2D eigenvalue weighted by atomic mass is 32.2. The molecule has 0 spiro atoms. The Labute approximate surface area is 119 Å². The van der Waals surface area contributed by atoms with E-state index >= 15 is 0 Å². The molecule has 0 unspecified atom stereocenters. The lowest BCUT2D eigenvalue weighted by Crippen LogP contribution is -2.28. The first kappa shape index (κ1) is 16.6. The van der Waals surface area contributed by atoms with Gasteiger partial charge in [0.25, 0.3) is 0 Å². The van der Waals surface area contributed by atoms with E-state index in [4.69, 9.17) is 4.74 Å².